The van der Waals surface area contributed by atoms with E-state index in [0.29, 0.717) is 5.56 Å². The third-order valence-electron chi connectivity index (χ3n) is 3.23. The van der Waals surface area contributed by atoms with Crippen molar-refractivity contribution in [2.24, 2.45) is 5.73 Å². The van der Waals surface area contributed by atoms with Crippen molar-refractivity contribution in [3.63, 3.8) is 0 Å². The Morgan fingerprint density at radius 2 is 1.62 bits per heavy atom. The number of halogens is 4. The Balaban J connectivity index is 2.37. The maximum atomic E-state index is 13.3. The molecule has 2 aromatic rings. The van der Waals surface area contributed by atoms with Crippen LogP contribution < -0.4 is 5.73 Å². The maximum absolute atomic E-state index is 13.3. The van der Waals surface area contributed by atoms with E-state index in [4.69, 9.17) is 5.73 Å². The van der Waals surface area contributed by atoms with Gasteiger partial charge in [0, 0.05) is 18.5 Å². The minimum absolute atomic E-state index is 0.0148. The molecule has 0 amide bonds. The predicted molar refractivity (Wildman–Crippen MR) is 77.2 cm³/mol. The zero-order valence-electron chi connectivity index (χ0n) is 10.9. The second-order valence-electron chi connectivity index (χ2n) is 4.66. The maximum Gasteiger partial charge on any atom is 0.137 e. The predicted octanol–water partition coefficient (Wildman–Crippen LogP) is 3.64. The van der Waals surface area contributed by atoms with Crippen LogP contribution in [-0.2, 0) is 0 Å². The SMILES string of the molecule is NCC(c1cc(F)cc(F)c1)C(O)c1ccc(F)c(Br)c1. The van der Waals surface area contributed by atoms with Gasteiger partial charge in [0.25, 0.3) is 0 Å². The Bertz CT molecular complexity index is 631. The largest absolute Gasteiger partial charge is 0.388 e. The van der Waals surface area contributed by atoms with Gasteiger partial charge >= 0.3 is 0 Å². The Kier molecular flexibility index (Phi) is 5.03. The van der Waals surface area contributed by atoms with Crippen LogP contribution in [0.4, 0.5) is 13.2 Å². The lowest BCUT2D eigenvalue weighted by atomic mass is 9.89. The summed E-state index contributed by atoms with van der Waals surface area (Å²) in [4.78, 5) is 0. The van der Waals surface area contributed by atoms with E-state index in [0.717, 1.165) is 18.2 Å². The molecule has 0 aromatic heterocycles. The van der Waals surface area contributed by atoms with Crippen molar-refractivity contribution >= 4 is 15.9 Å². The Morgan fingerprint density at radius 3 is 2.14 bits per heavy atom. The molecule has 0 radical (unpaired) electrons. The standard InChI is InChI=1S/C15H13BrF3NO/c16-13-5-8(1-2-14(13)19)15(21)12(7-20)9-3-10(17)6-11(18)4-9/h1-6,12,15,21H,7,20H2. The third-order valence-corrected chi connectivity index (χ3v) is 3.84. The van der Waals surface area contributed by atoms with Gasteiger partial charge in [-0.15, -0.1) is 0 Å². The first-order valence-corrected chi connectivity index (χ1v) is 7.00. The molecule has 0 fully saturated rings. The molecule has 21 heavy (non-hydrogen) atoms. The lowest BCUT2D eigenvalue weighted by molar-refractivity contribution is 0.147. The second kappa shape index (κ2) is 6.60. The molecule has 3 N–H and O–H groups in total. The molecule has 0 bridgehead atoms. The highest BCUT2D eigenvalue weighted by Gasteiger charge is 2.23. The van der Waals surface area contributed by atoms with E-state index < -0.39 is 29.5 Å². The first-order chi connectivity index (χ1) is 9.92. The fraction of sp³-hybridized carbons (Fsp3) is 0.200. The number of hydrogen-bond acceptors (Lipinski definition) is 2. The summed E-state index contributed by atoms with van der Waals surface area (Å²) >= 11 is 3.03. The van der Waals surface area contributed by atoms with E-state index >= 15 is 0 Å². The highest BCUT2D eigenvalue weighted by Crippen LogP contribution is 2.32. The highest BCUT2D eigenvalue weighted by atomic mass is 79.9. The van der Waals surface area contributed by atoms with Crippen LogP contribution in [0.1, 0.15) is 23.1 Å². The average molecular weight is 360 g/mol. The van der Waals surface area contributed by atoms with E-state index in [9.17, 15) is 18.3 Å². The van der Waals surface area contributed by atoms with Gasteiger partial charge in [-0.3, -0.25) is 0 Å². The zero-order valence-corrected chi connectivity index (χ0v) is 12.4. The molecule has 0 saturated heterocycles. The van der Waals surface area contributed by atoms with Crippen LogP contribution in [0.25, 0.3) is 0 Å². The van der Waals surface area contributed by atoms with Gasteiger partial charge in [-0.1, -0.05) is 6.07 Å². The molecular weight excluding hydrogens is 347 g/mol. The number of nitrogens with two attached hydrogens (primary N) is 1. The topological polar surface area (TPSA) is 46.2 Å². The second-order valence-corrected chi connectivity index (χ2v) is 5.52. The molecule has 0 aliphatic heterocycles. The van der Waals surface area contributed by atoms with Gasteiger partial charge in [0.1, 0.15) is 17.5 Å². The van der Waals surface area contributed by atoms with Crippen molar-refractivity contribution in [1.82, 2.24) is 0 Å². The molecule has 0 heterocycles. The minimum atomic E-state index is -1.10. The van der Waals surface area contributed by atoms with E-state index in [1.807, 2.05) is 0 Å². The molecule has 2 nitrogen and oxygen atoms in total. The van der Waals surface area contributed by atoms with Crippen LogP contribution in [0.3, 0.4) is 0 Å². The minimum Gasteiger partial charge on any atom is -0.388 e. The summed E-state index contributed by atoms with van der Waals surface area (Å²) in [7, 11) is 0. The van der Waals surface area contributed by atoms with Crippen molar-refractivity contribution in [3.05, 3.63) is 69.4 Å². The summed E-state index contributed by atoms with van der Waals surface area (Å²) in [6.07, 6.45) is -1.10. The summed E-state index contributed by atoms with van der Waals surface area (Å²) in [5.41, 5.74) is 6.28. The number of rotatable bonds is 4. The van der Waals surface area contributed by atoms with Crippen LogP contribution in [0.5, 0.6) is 0 Å². The smallest absolute Gasteiger partial charge is 0.137 e. The molecule has 2 unspecified atom stereocenters. The Labute approximate surface area is 128 Å². The number of hydrogen-bond donors (Lipinski definition) is 2. The van der Waals surface area contributed by atoms with Crippen LogP contribution in [0.15, 0.2) is 40.9 Å². The average Bonchev–Trinajstić information content (AvgIpc) is 2.41. The number of aliphatic hydroxyl groups excluding tert-OH is 1. The van der Waals surface area contributed by atoms with Crippen LogP contribution in [-0.4, -0.2) is 11.7 Å². The molecule has 0 aliphatic carbocycles. The van der Waals surface area contributed by atoms with Crippen LogP contribution >= 0.6 is 15.9 Å². The van der Waals surface area contributed by atoms with E-state index in [1.54, 1.807) is 0 Å². The van der Waals surface area contributed by atoms with Crippen LogP contribution in [0.2, 0.25) is 0 Å². The van der Waals surface area contributed by atoms with Gasteiger partial charge in [0.2, 0.25) is 0 Å². The molecule has 0 spiro atoms. The quantitative estimate of drug-likeness (QED) is 0.875. The Morgan fingerprint density at radius 1 is 1.00 bits per heavy atom. The van der Waals surface area contributed by atoms with Gasteiger partial charge in [-0.25, -0.2) is 13.2 Å². The molecule has 2 aromatic carbocycles. The first-order valence-electron chi connectivity index (χ1n) is 6.21. The molecule has 2 rings (SSSR count). The van der Waals surface area contributed by atoms with Crippen molar-refractivity contribution in [2.45, 2.75) is 12.0 Å². The first kappa shape index (κ1) is 16.0. The normalized spacial score (nSPS) is 14.0. The number of benzene rings is 2. The lowest BCUT2D eigenvalue weighted by Crippen LogP contribution is -2.20. The summed E-state index contributed by atoms with van der Waals surface area (Å²) in [5.74, 6) is -2.65. The van der Waals surface area contributed by atoms with Crippen molar-refractivity contribution < 1.29 is 18.3 Å². The lowest BCUT2D eigenvalue weighted by Gasteiger charge is -2.22. The summed E-state index contributed by atoms with van der Waals surface area (Å²) < 4.78 is 40.0. The molecule has 0 saturated carbocycles. The molecule has 6 heteroatoms. The van der Waals surface area contributed by atoms with Gasteiger partial charge in [0.15, 0.2) is 0 Å². The van der Waals surface area contributed by atoms with Crippen molar-refractivity contribution in [1.29, 1.82) is 0 Å². The highest BCUT2D eigenvalue weighted by molar-refractivity contribution is 9.10. The summed E-state index contributed by atoms with van der Waals surface area (Å²) in [5, 5.41) is 10.4. The zero-order chi connectivity index (χ0) is 15.6. The van der Waals surface area contributed by atoms with E-state index in [-0.39, 0.29) is 16.6 Å². The summed E-state index contributed by atoms with van der Waals surface area (Å²) in [6.45, 7) is -0.0148. The molecule has 0 aliphatic rings. The Hall–Kier alpha value is -1.37. The van der Waals surface area contributed by atoms with E-state index in [1.165, 1.54) is 18.2 Å². The third kappa shape index (κ3) is 3.64. The molecule has 2 atom stereocenters. The van der Waals surface area contributed by atoms with Gasteiger partial charge < -0.3 is 10.8 Å². The summed E-state index contributed by atoms with van der Waals surface area (Å²) in [6, 6.07) is 7.02. The number of aliphatic hydroxyl groups is 1. The fourth-order valence-electron chi connectivity index (χ4n) is 2.17. The molecular formula is C15H13BrF3NO. The fourth-order valence-corrected chi connectivity index (χ4v) is 2.56. The van der Waals surface area contributed by atoms with Gasteiger partial charge in [-0.2, -0.15) is 0 Å². The van der Waals surface area contributed by atoms with Crippen molar-refractivity contribution in [2.75, 3.05) is 6.54 Å². The van der Waals surface area contributed by atoms with Crippen molar-refractivity contribution in [3.8, 4) is 0 Å². The monoisotopic (exact) mass is 359 g/mol. The van der Waals surface area contributed by atoms with Gasteiger partial charge in [-0.05, 0) is 51.3 Å². The van der Waals surface area contributed by atoms with E-state index in [2.05, 4.69) is 15.9 Å². The molecule has 112 valence electrons. The van der Waals surface area contributed by atoms with Gasteiger partial charge in [0.05, 0.1) is 10.6 Å². The van der Waals surface area contributed by atoms with Crippen LogP contribution in [0, 0.1) is 17.5 Å².